The van der Waals surface area contributed by atoms with Gasteiger partial charge >= 0.3 is 0 Å². The summed E-state index contributed by atoms with van der Waals surface area (Å²) in [4.78, 5) is 26.2. The zero-order valence-electron chi connectivity index (χ0n) is 18.4. The molecule has 1 heterocycles. The van der Waals surface area contributed by atoms with Crippen molar-refractivity contribution in [1.29, 1.82) is 0 Å². The molecule has 1 N–H and O–H groups in total. The number of carbonyl (C=O) groups is 2. The van der Waals surface area contributed by atoms with Gasteiger partial charge in [-0.05, 0) is 32.0 Å². The first kappa shape index (κ1) is 25.1. The zero-order chi connectivity index (χ0) is 23.0. The third kappa shape index (κ3) is 6.16. The van der Waals surface area contributed by atoms with Crippen LogP contribution in [0.5, 0.6) is 5.75 Å². The van der Waals surface area contributed by atoms with Crippen LogP contribution in [0.4, 0.5) is 5.69 Å². The third-order valence-corrected chi connectivity index (χ3v) is 6.74. The van der Waals surface area contributed by atoms with Crippen LogP contribution in [0, 0.1) is 0 Å². The number of hydrogen-bond acceptors (Lipinski definition) is 7. The Hall–Kier alpha value is -2.21. The SMILES string of the molecule is CCOC(CNC(=O)CN1C(=O)COc2ccc(S(=O)(=O)N(CC)CC)cc21)OCC. The smallest absolute Gasteiger partial charge is 0.265 e. The number of ether oxygens (including phenoxy) is 3. The van der Waals surface area contributed by atoms with Gasteiger partial charge in [0.2, 0.25) is 15.9 Å². The molecule has 10 nitrogen and oxygen atoms in total. The van der Waals surface area contributed by atoms with Crippen molar-refractivity contribution in [2.75, 3.05) is 50.9 Å². The van der Waals surface area contributed by atoms with Gasteiger partial charge in [-0.15, -0.1) is 0 Å². The lowest BCUT2D eigenvalue weighted by molar-refractivity contribution is -0.140. The quantitative estimate of drug-likeness (QED) is 0.465. The Bertz CT molecular complexity index is 866. The van der Waals surface area contributed by atoms with Crippen LogP contribution in [-0.4, -0.2) is 76.8 Å². The molecular formula is C20H31N3O7S. The van der Waals surface area contributed by atoms with Crippen molar-refractivity contribution in [3.8, 4) is 5.75 Å². The second kappa shape index (κ2) is 11.4. The molecule has 11 heteroatoms. The van der Waals surface area contributed by atoms with Crippen molar-refractivity contribution in [3.05, 3.63) is 18.2 Å². The molecule has 0 aromatic heterocycles. The topological polar surface area (TPSA) is 114 Å². The minimum atomic E-state index is -3.73. The highest BCUT2D eigenvalue weighted by atomic mass is 32.2. The summed E-state index contributed by atoms with van der Waals surface area (Å²) in [5.74, 6) is -0.527. The van der Waals surface area contributed by atoms with Crippen LogP contribution in [-0.2, 0) is 29.1 Å². The number of nitrogens with zero attached hydrogens (tertiary/aromatic N) is 2. The fraction of sp³-hybridized carbons (Fsp3) is 0.600. The molecule has 174 valence electrons. The number of amides is 2. The molecule has 1 aliphatic heterocycles. The van der Waals surface area contributed by atoms with E-state index in [9.17, 15) is 18.0 Å². The van der Waals surface area contributed by atoms with E-state index in [1.165, 1.54) is 27.4 Å². The molecule has 0 bridgehead atoms. The number of sulfonamides is 1. The van der Waals surface area contributed by atoms with Crippen LogP contribution >= 0.6 is 0 Å². The predicted molar refractivity (Wildman–Crippen MR) is 114 cm³/mol. The van der Waals surface area contributed by atoms with Crippen LogP contribution in [0.25, 0.3) is 0 Å². The maximum Gasteiger partial charge on any atom is 0.265 e. The summed E-state index contributed by atoms with van der Waals surface area (Å²) in [6.45, 7) is 8.25. The van der Waals surface area contributed by atoms with Gasteiger partial charge in [-0.3, -0.25) is 14.5 Å². The Balaban J connectivity index is 2.21. The van der Waals surface area contributed by atoms with Crippen molar-refractivity contribution in [2.45, 2.75) is 38.9 Å². The first-order valence-electron chi connectivity index (χ1n) is 10.4. The maximum absolute atomic E-state index is 12.9. The van der Waals surface area contributed by atoms with Crippen molar-refractivity contribution in [2.24, 2.45) is 0 Å². The molecule has 0 saturated carbocycles. The van der Waals surface area contributed by atoms with Gasteiger partial charge in [0.05, 0.1) is 17.1 Å². The Morgan fingerprint density at radius 1 is 1.19 bits per heavy atom. The van der Waals surface area contributed by atoms with E-state index in [0.717, 1.165) is 0 Å². The Morgan fingerprint density at radius 2 is 1.84 bits per heavy atom. The molecular weight excluding hydrogens is 426 g/mol. The molecule has 1 aromatic carbocycles. The van der Waals surface area contributed by atoms with Gasteiger partial charge in [0.25, 0.3) is 5.91 Å². The first-order chi connectivity index (χ1) is 14.8. The number of carbonyl (C=O) groups excluding carboxylic acids is 2. The lowest BCUT2D eigenvalue weighted by Crippen LogP contribution is -2.46. The molecule has 2 rings (SSSR count). The summed E-state index contributed by atoms with van der Waals surface area (Å²) in [5.41, 5.74) is 0.241. The first-order valence-corrected chi connectivity index (χ1v) is 11.8. The highest BCUT2D eigenvalue weighted by Crippen LogP contribution is 2.34. The Kier molecular flexibility index (Phi) is 9.23. The average Bonchev–Trinajstić information content (AvgIpc) is 2.74. The summed E-state index contributed by atoms with van der Waals surface area (Å²) in [6, 6.07) is 4.31. The molecule has 0 spiro atoms. The minimum Gasteiger partial charge on any atom is -0.482 e. The van der Waals surface area contributed by atoms with Gasteiger partial charge in [-0.25, -0.2) is 8.42 Å². The van der Waals surface area contributed by atoms with Crippen LogP contribution in [0.2, 0.25) is 0 Å². The van der Waals surface area contributed by atoms with Gasteiger partial charge in [-0.2, -0.15) is 4.31 Å². The molecule has 1 aliphatic rings. The third-order valence-electron chi connectivity index (χ3n) is 4.69. The average molecular weight is 458 g/mol. The lowest BCUT2D eigenvalue weighted by atomic mass is 10.2. The number of benzene rings is 1. The number of rotatable bonds is 12. The summed E-state index contributed by atoms with van der Waals surface area (Å²) >= 11 is 0. The maximum atomic E-state index is 12.9. The monoisotopic (exact) mass is 457 g/mol. The number of fused-ring (bicyclic) bond motifs is 1. The predicted octanol–water partition coefficient (Wildman–Crippen LogP) is 0.958. The molecule has 0 unspecified atom stereocenters. The minimum absolute atomic E-state index is 0.0337. The van der Waals surface area contributed by atoms with E-state index < -0.39 is 28.1 Å². The number of anilines is 1. The van der Waals surface area contributed by atoms with Crippen LogP contribution in [0.3, 0.4) is 0 Å². The van der Waals surface area contributed by atoms with Crippen LogP contribution < -0.4 is 15.0 Å². The Morgan fingerprint density at radius 3 is 2.42 bits per heavy atom. The number of hydrogen-bond donors (Lipinski definition) is 1. The highest BCUT2D eigenvalue weighted by molar-refractivity contribution is 7.89. The molecule has 1 aromatic rings. The van der Waals surface area contributed by atoms with E-state index in [1.807, 2.05) is 13.8 Å². The van der Waals surface area contributed by atoms with E-state index in [0.29, 0.717) is 32.1 Å². The van der Waals surface area contributed by atoms with Gasteiger partial charge in [0, 0.05) is 26.3 Å². The molecule has 0 saturated heterocycles. The molecule has 0 atom stereocenters. The molecule has 31 heavy (non-hydrogen) atoms. The van der Waals surface area contributed by atoms with Gasteiger partial charge in [0.15, 0.2) is 12.9 Å². The summed E-state index contributed by atoms with van der Waals surface area (Å²) in [7, 11) is -3.73. The normalized spacial score (nSPS) is 14.0. The van der Waals surface area contributed by atoms with E-state index in [-0.39, 0.29) is 30.3 Å². The van der Waals surface area contributed by atoms with E-state index >= 15 is 0 Å². The van der Waals surface area contributed by atoms with Crippen molar-refractivity contribution >= 4 is 27.5 Å². The van der Waals surface area contributed by atoms with E-state index in [4.69, 9.17) is 14.2 Å². The van der Waals surface area contributed by atoms with Gasteiger partial charge in [0.1, 0.15) is 12.3 Å². The molecule has 0 aliphatic carbocycles. The van der Waals surface area contributed by atoms with E-state index in [2.05, 4.69) is 5.32 Å². The highest BCUT2D eigenvalue weighted by Gasteiger charge is 2.30. The largest absolute Gasteiger partial charge is 0.482 e. The number of nitrogens with one attached hydrogen (secondary N) is 1. The second-order valence-electron chi connectivity index (χ2n) is 6.63. The molecule has 2 amide bonds. The van der Waals surface area contributed by atoms with Crippen LogP contribution in [0.15, 0.2) is 23.1 Å². The summed E-state index contributed by atoms with van der Waals surface area (Å²) in [6.07, 6.45) is -0.586. The standard InChI is InChI=1S/C20H31N3O7S/c1-5-22(6-2)31(26,27)15-9-10-17-16(11-15)23(19(25)14-30-17)13-18(24)21-12-20(28-7-3)29-8-4/h9-11,20H,5-8,12-14H2,1-4H3,(H,21,24). The van der Waals surface area contributed by atoms with Crippen molar-refractivity contribution < 1.29 is 32.2 Å². The Labute approximate surface area is 183 Å². The fourth-order valence-corrected chi connectivity index (χ4v) is 4.64. The summed E-state index contributed by atoms with van der Waals surface area (Å²) < 4.78 is 43.2. The van der Waals surface area contributed by atoms with Gasteiger partial charge < -0.3 is 19.5 Å². The summed E-state index contributed by atoms with van der Waals surface area (Å²) in [5, 5.41) is 2.68. The lowest BCUT2D eigenvalue weighted by Gasteiger charge is -2.30. The molecule has 0 radical (unpaired) electrons. The van der Waals surface area contributed by atoms with E-state index in [1.54, 1.807) is 13.8 Å². The van der Waals surface area contributed by atoms with Crippen LogP contribution in [0.1, 0.15) is 27.7 Å². The molecule has 0 fully saturated rings. The fourth-order valence-electron chi connectivity index (χ4n) is 3.16. The zero-order valence-corrected chi connectivity index (χ0v) is 19.2. The van der Waals surface area contributed by atoms with Crippen molar-refractivity contribution in [3.63, 3.8) is 0 Å². The van der Waals surface area contributed by atoms with Gasteiger partial charge in [-0.1, -0.05) is 13.8 Å². The van der Waals surface area contributed by atoms with Crippen molar-refractivity contribution in [1.82, 2.24) is 9.62 Å². The second-order valence-corrected chi connectivity index (χ2v) is 8.57.